The lowest BCUT2D eigenvalue weighted by molar-refractivity contribution is 0.401. The highest BCUT2D eigenvalue weighted by atomic mass is 35.5. The van der Waals surface area contributed by atoms with Gasteiger partial charge in [-0.15, -0.1) is 17.7 Å². The smallest absolute Gasteiger partial charge is 0.183 e. The number of thiol groups is 1. The first-order chi connectivity index (χ1) is 11.0. The minimum Gasteiger partial charge on any atom is -0.504 e. The molecule has 118 valence electrons. The zero-order valence-electron chi connectivity index (χ0n) is 11.9. The molecular weight excluding hydrogens is 338 g/mol. The van der Waals surface area contributed by atoms with Crippen LogP contribution in [0.4, 0.5) is 0 Å². The Morgan fingerprint density at radius 3 is 2.65 bits per heavy atom. The van der Waals surface area contributed by atoms with E-state index in [4.69, 9.17) is 16.3 Å². The molecule has 1 heterocycles. The number of aromatic hydroxyl groups is 2. The highest BCUT2D eigenvalue weighted by molar-refractivity contribution is 7.80. The fourth-order valence-electron chi connectivity index (χ4n) is 2.27. The first-order valence-electron chi connectivity index (χ1n) is 6.53. The third-order valence-electron chi connectivity index (χ3n) is 3.30. The van der Waals surface area contributed by atoms with E-state index < -0.39 is 0 Å². The van der Waals surface area contributed by atoms with E-state index >= 15 is 0 Å². The van der Waals surface area contributed by atoms with E-state index in [1.165, 1.54) is 17.9 Å². The van der Waals surface area contributed by atoms with E-state index in [-0.39, 0.29) is 17.2 Å². The van der Waals surface area contributed by atoms with Gasteiger partial charge in [0, 0.05) is 5.56 Å². The number of hydrogen-bond acceptors (Lipinski definition) is 6. The summed E-state index contributed by atoms with van der Waals surface area (Å²) in [6.07, 6.45) is 0. The number of hydrogen-bond donors (Lipinski definition) is 3. The Labute approximate surface area is 142 Å². The number of para-hydroxylation sites is 2. The van der Waals surface area contributed by atoms with Crippen LogP contribution in [0.2, 0.25) is 5.02 Å². The topological polar surface area (TPSA) is 80.4 Å². The van der Waals surface area contributed by atoms with Crippen LogP contribution in [0.15, 0.2) is 41.4 Å². The van der Waals surface area contributed by atoms with E-state index in [1.54, 1.807) is 30.3 Å². The molecule has 2 aromatic carbocycles. The third-order valence-corrected chi connectivity index (χ3v) is 3.90. The number of methoxy groups -OCH3 is 1. The van der Waals surface area contributed by atoms with Gasteiger partial charge in [0.05, 0.1) is 12.1 Å². The molecule has 6 nitrogen and oxygen atoms in total. The summed E-state index contributed by atoms with van der Waals surface area (Å²) in [6.45, 7) is 0. The van der Waals surface area contributed by atoms with Gasteiger partial charge in [0.15, 0.2) is 11.5 Å². The van der Waals surface area contributed by atoms with Crippen molar-refractivity contribution in [2.45, 2.75) is 5.03 Å². The van der Waals surface area contributed by atoms with Gasteiger partial charge < -0.3 is 14.9 Å². The van der Waals surface area contributed by atoms with Crippen molar-refractivity contribution in [2.75, 3.05) is 7.11 Å². The lowest BCUT2D eigenvalue weighted by Crippen LogP contribution is -2.01. The summed E-state index contributed by atoms with van der Waals surface area (Å²) in [6, 6.07) is 9.78. The number of phenols is 2. The molecule has 1 aromatic heterocycles. The Kier molecular flexibility index (Phi) is 4.06. The number of phenolic OH excluding ortho intramolecular Hbond substituents is 2. The van der Waals surface area contributed by atoms with Gasteiger partial charge in [-0.05, 0) is 24.3 Å². The molecule has 0 aliphatic rings. The molecule has 23 heavy (non-hydrogen) atoms. The van der Waals surface area contributed by atoms with Gasteiger partial charge in [0.25, 0.3) is 0 Å². The minimum atomic E-state index is -0.312. The zero-order chi connectivity index (χ0) is 16.6. The molecular formula is C15H12ClN3O3S. The Hall–Kier alpha value is -2.38. The maximum atomic E-state index is 10.1. The average molecular weight is 350 g/mol. The van der Waals surface area contributed by atoms with Crippen LogP contribution >= 0.6 is 24.2 Å². The Balaban J connectivity index is 2.29. The lowest BCUT2D eigenvalue weighted by atomic mass is 10.1. The molecule has 0 fully saturated rings. The van der Waals surface area contributed by atoms with Gasteiger partial charge in [0.1, 0.15) is 22.2 Å². The average Bonchev–Trinajstić information content (AvgIpc) is 2.91. The minimum absolute atomic E-state index is 0.259. The molecule has 2 N–H and O–H groups in total. The van der Waals surface area contributed by atoms with Crippen LogP contribution in [0.5, 0.6) is 17.2 Å². The molecule has 0 bridgehead atoms. The molecule has 0 aliphatic carbocycles. The summed E-state index contributed by atoms with van der Waals surface area (Å²) < 4.78 is 6.72. The second-order valence-electron chi connectivity index (χ2n) is 4.64. The number of halogens is 1. The predicted octanol–water partition coefficient (Wildman–Crippen LogP) is 3.30. The molecule has 0 unspecified atom stereocenters. The van der Waals surface area contributed by atoms with E-state index in [1.807, 2.05) is 0 Å². The molecule has 3 rings (SSSR count). The molecule has 0 amide bonds. The third kappa shape index (κ3) is 2.58. The Bertz CT molecular complexity index is 882. The number of aromatic nitrogens is 3. The fraction of sp³-hybridized carbons (Fsp3) is 0.0667. The van der Waals surface area contributed by atoms with Crippen LogP contribution in [0.1, 0.15) is 0 Å². The summed E-state index contributed by atoms with van der Waals surface area (Å²) in [5.41, 5.74) is 1.35. The van der Waals surface area contributed by atoms with E-state index in [9.17, 15) is 10.2 Å². The standard InChI is InChI=1S/C15H12ClN3O3S/c1-22-14-8(4-2-5-9(14)16)12-15(23)17-18-19(12)10-6-3-7-11(20)13(10)21/h2-7,20-21,23H,1H3. The second kappa shape index (κ2) is 6.02. The van der Waals surface area contributed by atoms with Crippen LogP contribution in [-0.4, -0.2) is 32.3 Å². The van der Waals surface area contributed by atoms with Crippen molar-refractivity contribution in [2.24, 2.45) is 0 Å². The maximum Gasteiger partial charge on any atom is 0.183 e. The number of benzene rings is 2. The second-order valence-corrected chi connectivity index (χ2v) is 5.47. The first kappa shape index (κ1) is 15.5. The van der Waals surface area contributed by atoms with Crippen molar-refractivity contribution in [3.8, 4) is 34.2 Å². The van der Waals surface area contributed by atoms with Gasteiger partial charge in [-0.1, -0.05) is 28.9 Å². The highest BCUT2D eigenvalue weighted by Crippen LogP contribution is 2.40. The van der Waals surface area contributed by atoms with Crippen molar-refractivity contribution in [3.63, 3.8) is 0 Å². The molecule has 0 aliphatic heterocycles. The fourth-order valence-corrected chi connectivity index (χ4v) is 2.78. The number of ether oxygens (including phenoxy) is 1. The largest absolute Gasteiger partial charge is 0.504 e. The van der Waals surface area contributed by atoms with Gasteiger partial charge >= 0.3 is 0 Å². The molecule has 0 saturated heterocycles. The van der Waals surface area contributed by atoms with Crippen LogP contribution < -0.4 is 4.74 Å². The van der Waals surface area contributed by atoms with Gasteiger partial charge in [-0.2, -0.15) is 0 Å². The Morgan fingerprint density at radius 1 is 1.17 bits per heavy atom. The van der Waals surface area contributed by atoms with Gasteiger partial charge in [-0.3, -0.25) is 0 Å². The quantitative estimate of drug-likeness (QED) is 0.499. The molecule has 0 saturated carbocycles. The van der Waals surface area contributed by atoms with Crippen molar-refractivity contribution in [1.82, 2.24) is 15.0 Å². The maximum absolute atomic E-state index is 10.1. The normalized spacial score (nSPS) is 10.7. The SMILES string of the molecule is COc1c(Cl)cccc1-c1c(S)nnn1-c1cccc(O)c1O. The van der Waals surface area contributed by atoms with Crippen LogP contribution in [0, 0.1) is 0 Å². The monoisotopic (exact) mass is 349 g/mol. The summed E-state index contributed by atoms with van der Waals surface area (Å²) >= 11 is 10.5. The number of rotatable bonds is 3. The lowest BCUT2D eigenvalue weighted by Gasteiger charge is -2.13. The summed E-state index contributed by atoms with van der Waals surface area (Å²) in [5.74, 6) is -0.136. The first-order valence-corrected chi connectivity index (χ1v) is 7.36. The summed E-state index contributed by atoms with van der Waals surface area (Å²) in [4.78, 5) is 0. The van der Waals surface area contributed by atoms with Crippen LogP contribution in [0.25, 0.3) is 16.9 Å². The van der Waals surface area contributed by atoms with E-state index in [2.05, 4.69) is 22.9 Å². The number of nitrogens with zero attached hydrogens (tertiary/aromatic N) is 3. The van der Waals surface area contributed by atoms with E-state index in [0.717, 1.165) is 0 Å². The summed E-state index contributed by atoms with van der Waals surface area (Å²) in [7, 11) is 1.50. The van der Waals surface area contributed by atoms with E-state index in [0.29, 0.717) is 27.1 Å². The van der Waals surface area contributed by atoms with Gasteiger partial charge in [0.2, 0.25) is 0 Å². The Morgan fingerprint density at radius 2 is 1.91 bits per heavy atom. The molecule has 0 atom stereocenters. The van der Waals surface area contributed by atoms with Crippen molar-refractivity contribution in [3.05, 3.63) is 41.4 Å². The van der Waals surface area contributed by atoms with Crippen molar-refractivity contribution < 1.29 is 14.9 Å². The summed E-state index contributed by atoms with van der Waals surface area (Å²) in [5, 5.41) is 28.5. The molecule has 3 aromatic rings. The zero-order valence-corrected chi connectivity index (χ0v) is 13.6. The predicted molar refractivity (Wildman–Crippen MR) is 88.9 cm³/mol. The van der Waals surface area contributed by atoms with Crippen LogP contribution in [-0.2, 0) is 0 Å². The van der Waals surface area contributed by atoms with Crippen molar-refractivity contribution in [1.29, 1.82) is 0 Å². The molecule has 0 radical (unpaired) electrons. The molecule has 0 spiro atoms. The van der Waals surface area contributed by atoms with Gasteiger partial charge in [-0.25, -0.2) is 4.68 Å². The highest BCUT2D eigenvalue weighted by Gasteiger charge is 2.21. The van der Waals surface area contributed by atoms with Crippen LogP contribution in [0.3, 0.4) is 0 Å². The molecule has 8 heteroatoms. The van der Waals surface area contributed by atoms with Crippen molar-refractivity contribution >= 4 is 24.2 Å².